The Hall–Kier alpha value is -2.28. The minimum absolute atomic E-state index is 0.211. The molecule has 1 aromatic carbocycles. The van der Waals surface area contributed by atoms with Gasteiger partial charge >= 0.3 is 5.97 Å². The summed E-state index contributed by atoms with van der Waals surface area (Å²) < 4.78 is 6.65. The predicted molar refractivity (Wildman–Crippen MR) is 87.9 cm³/mol. The Balaban J connectivity index is 2.19. The lowest BCUT2D eigenvalue weighted by Crippen LogP contribution is -2.27. The number of hydrogen-bond acceptors (Lipinski definition) is 5. The Morgan fingerprint density at radius 3 is 2.74 bits per heavy atom. The molecule has 0 spiro atoms. The molecule has 0 aliphatic rings. The Labute approximate surface area is 141 Å². The van der Waals surface area contributed by atoms with Crippen LogP contribution in [0, 0.1) is 0 Å². The monoisotopic (exact) mass is 378 g/mol. The first-order valence-corrected chi connectivity index (χ1v) is 7.80. The molecule has 0 radical (unpaired) electrons. The number of aromatic nitrogens is 2. The fourth-order valence-corrected chi connectivity index (χ4v) is 2.36. The van der Waals surface area contributed by atoms with Crippen LogP contribution in [-0.2, 0) is 20.9 Å². The molecule has 1 aromatic heterocycles. The van der Waals surface area contributed by atoms with Crippen molar-refractivity contribution in [2.45, 2.75) is 19.9 Å². The van der Waals surface area contributed by atoms with E-state index in [4.69, 9.17) is 4.74 Å². The first-order valence-electron chi connectivity index (χ1n) is 7.01. The van der Waals surface area contributed by atoms with E-state index < -0.39 is 17.3 Å². The van der Waals surface area contributed by atoms with Crippen molar-refractivity contribution in [2.24, 2.45) is 0 Å². The lowest BCUT2D eigenvalue weighted by molar-refractivity contribution is -0.145. The first-order chi connectivity index (χ1) is 11.0. The molecule has 0 fully saturated rings. The molecule has 7 heteroatoms. The van der Waals surface area contributed by atoms with Gasteiger partial charge in [-0.3, -0.25) is 14.4 Å². The van der Waals surface area contributed by atoms with Gasteiger partial charge in [0.25, 0.3) is 5.56 Å². The first kappa shape index (κ1) is 17.1. The smallest absolute Gasteiger partial charge is 0.313 e. The summed E-state index contributed by atoms with van der Waals surface area (Å²) in [5.74, 6) is -1.03. The molecule has 0 bridgehead atoms. The second-order valence-corrected chi connectivity index (χ2v) is 5.66. The third-order valence-electron chi connectivity index (χ3n) is 2.96. The van der Waals surface area contributed by atoms with Crippen molar-refractivity contribution in [2.75, 3.05) is 6.61 Å². The van der Waals surface area contributed by atoms with Crippen molar-refractivity contribution < 1.29 is 14.3 Å². The number of carbonyl (C=O) groups excluding carboxylic acids is 2. The van der Waals surface area contributed by atoms with Crippen LogP contribution in [0.25, 0.3) is 11.3 Å². The fourth-order valence-electron chi connectivity index (χ4n) is 1.96. The van der Waals surface area contributed by atoms with Gasteiger partial charge in [-0.05, 0) is 25.1 Å². The summed E-state index contributed by atoms with van der Waals surface area (Å²) in [4.78, 5) is 35.0. The summed E-state index contributed by atoms with van der Waals surface area (Å²) in [6.07, 6.45) is -0.372. The molecule has 0 N–H and O–H groups in total. The molecule has 23 heavy (non-hydrogen) atoms. The minimum Gasteiger partial charge on any atom is -0.466 e. The van der Waals surface area contributed by atoms with Gasteiger partial charge in [0.1, 0.15) is 13.0 Å². The van der Waals surface area contributed by atoms with Crippen LogP contribution in [-0.4, -0.2) is 28.1 Å². The number of ether oxygens (including phenoxy) is 1. The van der Waals surface area contributed by atoms with Crippen LogP contribution in [0.3, 0.4) is 0 Å². The highest BCUT2D eigenvalue weighted by atomic mass is 79.9. The van der Waals surface area contributed by atoms with Crippen molar-refractivity contribution >= 4 is 27.7 Å². The van der Waals surface area contributed by atoms with Crippen molar-refractivity contribution in [3.05, 3.63) is 51.2 Å². The van der Waals surface area contributed by atoms with Gasteiger partial charge in [0.05, 0.1) is 12.3 Å². The summed E-state index contributed by atoms with van der Waals surface area (Å²) in [7, 11) is 0. The summed E-state index contributed by atoms with van der Waals surface area (Å²) in [6.45, 7) is 1.61. The van der Waals surface area contributed by atoms with Crippen LogP contribution in [0.1, 0.15) is 13.3 Å². The maximum atomic E-state index is 11.8. The van der Waals surface area contributed by atoms with E-state index in [1.807, 2.05) is 24.3 Å². The van der Waals surface area contributed by atoms with E-state index in [1.165, 1.54) is 6.07 Å². The molecule has 0 saturated carbocycles. The largest absolute Gasteiger partial charge is 0.466 e. The molecule has 0 aliphatic carbocycles. The van der Waals surface area contributed by atoms with Crippen LogP contribution in [0.5, 0.6) is 0 Å². The van der Waals surface area contributed by atoms with Gasteiger partial charge in [-0.25, -0.2) is 4.68 Å². The van der Waals surface area contributed by atoms with Crippen molar-refractivity contribution in [1.29, 1.82) is 0 Å². The molecular weight excluding hydrogens is 364 g/mol. The van der Waals surface area contributed by atoms with Gasteiger partial charge in [-0.15, -0.1) is 0 Å². The average molecular weight is 379 g/mol. The molecule has 0 aliphatic heterocycles. The zero-order valence-corrected chi connectivity index (χ0v) is 14.1. The van der Waals surface area contributed by atoms with Gasteiger partial charge in [-0.2, -0.15) is 5.10 Å². The van der Waals surface area contributed by atoms with Crippen LogP contribution in [0.2, 0.25) is 0 Å². The lowest BCUT2D eigenvalue weighted by Gasteiger charge is -2.07. The number of esters is 1. The molecule has 2 rings (SSSR count). The van der Waals surface area contributed by atoms with Gasteiger partial charge in [0, 0.05) is 16.1 Å². The highest BCUT2D eigenvalue weighted by Gasteiger charge is 2.13. The Kier molecular flexibility index (Phi) is 5.81. The quantitative estimate of drug-likeness (QED) is 0.568. The second kappa shape index (κ2) is 7.82. The molecule has 1 heterocycles. The number of hydrogen-bond donors (Lipinski definition) is 0. The van der Waals surface area contributed by atoms with Gasteiger partial charge < -0.3 is 4.74 Å². The van der Waals surface area contributed by atoms with E-state index in [-0.39, 0.29) is 19.6 Å². The lowest BCUT2D eigenvalue weighted by atomic mass is 10.1. The van der Waals surface area contributed by atoms with Crippen molar-refractivity contribution in [3.63, 3.8) is 0 Å². The maximum absolute atomic E-state index is 11.8. The number of benzene rings is 1. The number of Topliss-reactive ketones (excluding diaryl/α,β-unsaturated/α-hetero) is 1. The Bertz CT molecular complexity index is 786. The molecule has 0 amide bonds. The Morgan fingerprint density at radius 1 is 1.26 bits per heavy atom. The zero-order chi connectivity index (χ0) is 16.8. The van der Waals surface area contributed by atoms with E-state index in [9.17, 15) is 14.4 Å². The molecule has 0 atom stereocenters. The summed E-state index contributed by atoms with van der Waals surface area (Å²) in [5.41, 5.74) is 0.974. The fraction of sp³-hybridized carbons (Fsp3) is 0.250. The SMILES string of the molecule is CCOC(=O)CC(=O)Cn1nc(-c2cccc(Br)c2)ccc1=O. The number of rotatable bonds is 6. The van der Waals surface area contributed by atoms with E-state index in [0.717, 1.165) is 14.7 Å². The number of nitrogens with zero attached hydrogens (tertiary/aromatic N) is 2. The maximum Gasteiger partial charge on any atom is 0.313 e. The van der Waals surface area contributed by atoms with Crippen molar-refractivity contribution in [1.82, 2.24) is 9.78 Å². The molecule has 6 nitrogen and oxygen atoms in total. The summed E-state index contributed by atoms with van der Waals surface area (Å²) in [5, 5.41) is 4.19. The third kappa shape index (κ3) is 4.85. The zero-order valence-electron chi connectivity index (χ0n) is 12.5. The molecule has 0 saturated heterocycles. The average Bonchev–Trinajstić information content (AvgIpc) is 2.49. The predicted octanol–water partition coefficient (Wildman–Crippen LogP) is 2.20. The van der Waals surface area contributed by atoms with Crippen LogP contribution in [0.15, 0.2) is 45.7 Å². The van der Waals surface area contributed by atoms with Gasteiger partial charge in [0.15, 0.2) is 5.78 Å². The van der Waals surface area contributed by atoms with Crippen LogP contribution in [0.4, 0.5) is 0 Å². The summed E-state index contributed by atoms with van der Waals surface area (Å²) in [6, 6.07) is 10.4. The van der Waals surface area contributed by atoms with Crippen molar-refractivity contribution in [3.8, 4) is 11.3 Å². The normalized spacial score (nSPS) is 10.3. The molecule has 0 unspecified atom stereocenters. The number of ketones is 1. The standard InChI is InChI=1S/C16H15BrN2O4/c1-2-23-16(22)9-13(20)10-19-15(21)7-6-14(18-19)11-4-3-5-12(17)8-11/h3-8H,2,9-10H2,1H3. The molecule has 2 aromatic rings. The minimum atomic E-state index is -0.603. The highest BCUT2D eigenvalue weighted by Crippen LogP contribution is 2.20. The van der Waals surface area contributed by atoms with Gasteiger partial charge in [-0.1, -0.05) is 28.1 Å². The number of halogens is 1. The topological polar surface area (TPSA) is 78.3 Å². The highest BCUT2D eigenvalue weighted by molar-refractivity contribution is 9.10. The van der Waals surface area contributed by atoms with Crippen LogP contribution < -0.4 is 5.56 Å². The molecule has 120 valence electrons. The van der Waals surface area contributed by atoms with E-state index in [2.05, 4.69) is 21.0 Å². The Morgan fingerprint density at radius 2 is 2.04 bits per heavy atom. The second-order valence-electron chi connectivity index (χ2n) is 4.75. The molecular formula is C16H15BrN2O4. The van der Waals surface area contributed by atoms with Gasteiger partial charge in [0.2, 0.25) is 0 Å². The van der Waals surface area contributed by atoms with E-state index in [1.54, 1.807) is 13.0 Å². The van der Waals surface area contributed by atoms with Crippen LogP contribution >= 0.6 is 15.9 Å². The third-order valence-corrected chi connectivity index (χ3v) is 3.45. The summed E-state index contributed by atoms with van der Waals surface area (Å²) >= 11 is 3.37. The van der Waals surface area contributed by atoms with E-state index in [0.29, 0.717) is 5.69 Å². The number of carbonyl (C=O) groups is 2. The van der Waals surface area contributed by atoms with E-state index >= 15 is 0 Å².